The van der Waals surface area contributed by atoms with Crippen molar-refractivity contribution in [2.75, 3.05) is 12.0 Å². The summed E-state index contributed by atoms with van der Waals surface area (Å²) in [4.78, 5) is 47.4. The minimum atomic E-state index is -0.789. The van der Waals surface area contributed by atoms with Crippen LogP contribution in [0.1, 0.15) is 26.3 Å². The number of methoxy groups -OCH3 is 1. The maximum absolute atomic E-state index is 12.2. The fourth-order valence-electron chi connectivity index (χ4n) is 2.66. The first-order valence-electron chi connectivity index (χ1n) is 7.24. The molecule has 0 atom stereocenters. The second kappa shape index (κ2) is 6.16. The molecule has 8 nitrogen and oxygen atoms in total. The standard InChI is InChI=1S/C17H12N2O6/c1-25-17(22)11-4-2-3-10(7-11)9-18-14-6-5-12(19(23)24)8-13(14)15(20)16(18)21/h2-8H,9H2,1H3. The maximum Gasteiger partial charge on any atom is 0.337 e. The van der Waals surface area contributed by atoms with Crippen molar-refractivity contribution in [2.45, 2.75) is 6.54 Å². The van der Waals surface area contributed by atoms with Crippen LogP contribution in [0.3, 0.4) is 0 Å². The van der Waals surface area contributed by atoms with E-state index >= 15 is 0 Å². The summed E-state index contributed by atoms with van der Waals surface area (Å²) in [6.45, 7) is 0.0558. The molecule has 25 heavy (non-hydrogen) atoms. The van der Waals surface area contributed by atoms with Crippen LogP contribution in [0.5, 0.6) is 0 Å². The lowest BCUT2D eigenvalue weighted by Crippen LogP contribution is -2.29. The third-order valence-electron chi connectivity index (χ3n) is 3.85. The van der Waals surface area contributed by atoms with Gasteiger partial charge in [-0.15, -0.1) is 0 Å². The van der Waals surface area contributed by atoms with Crippen molar-refractivity contribution in [1.82, 2.24) is 0 Å². The molecule has 0 unspecified atom stereocenters. The number of carbonyl (C=O) groups is 3. The van der Waals surface area contributed by atoms with E-state index in [4.69, 9.17) is 0 Å². The number of esters is 1. The molecular weight excluding hydrogens is 328 g/mol. The largest absolute Gasteiger partial charge is 0.465 e. The van der Waals surface area contributed by atoms with E-state index < -0.39 is 22.6 Å². The van der Waals surface area contributed by atoms with Gasteiger partial charge in [-0.25, -0.2) is 4.79 Å². The molecule has 0 bridgehead atoms. The Morgan fingerprint density at radius 2 is 1.96 bits per heavy atom. The summed E-state index contributed by atoms with van der Waals surface area (Å²) in [5.41, 5.74) is 0.999. The van der Waals surface area contributed by atoms with Gasteiger partial charge in [0.05, 0.1) is 35.4 Å². The average Bonchev–Trinajstić information content (AvgIpc) is 2.85. The van der Waals surface area contributed by atoms with E-state index in [0.717, 1.165) is 6.07 Å². The van der Waals surface area contributed by atoms with Crippen molar-refractivity contribution >= 4 is 29.0 Å². The van der Waals surface area contributed by atoms with Crippen LogP contribution < -0.4 is 4.90 Å². The van der Waals surface area contributed by atoms with Crippen molar-refractivity contribution < 1.29 is 24.0 Å². The molecule has 0 saturated heterocycles. The van der Waals surface area contributed by atoms with Crippen LogP contribution in [-0.4, -0.2) is 29.7 Å². The Labute approximate surface area is 141 Å². The molecule has 0 spiro atoms. The van der Waals surface area contributed by atoms with E-state index in [2.05, 4.69) is 4.74 Å². The van der Waals surface area contributed by atoms with Gasteiger partial charge in [0.2, 0.25) is 0 Å². The number of nitro groups is 1. The number of anilines is 1. The van der Waals surface area contributed by atoms with E-state index in [0.29, 0.717) is 16.8 Å². The van der Waals surface area contributed by atoms with E-state index in [1.54, 1.807) is 24.3 Å². The topological polar surface area (TPSA) is 107 Å². The van der Waals surface area contributed by atoms with E-state index in [1.165, 1.54) is 24.1 Å². The molecule has 0 aliphatic carbocycles. The number of ether oxygens (including phenoxy) is 1. The Balaban J connectivity index is 1.95. The minimum Gasteiger partial charge on any atom is -0.465 e. The van der Waals surface area contributed by atoms with Gasteiger partial charge in [0, 0.05) is 12.1 Å². The summed E-state index contributed by atoms with van der Waals surface area (Å²) in [6, 6.07) is 10.2. The molecule has 0 fully saturated rings. The molecule has 3 rings (SSSR count). The fraction of sp³-hybridized carbons (Fsp3) is 0.118. The Morgan fingerprint density at radius 3 is 2.64 bits per heavy atom. The van der Waals surface area contributed by atoms with Gasteiger partial charge in [0.1, 0.15) is 0 Å². The first kappa shape index (κ1) is 16.3. The Morgan fingerprint density at radius 1 is 1.20 bits per heavy atom. The number of Topliss-reactive ketones (excluding diaryl/α,β-unsaturated/α-hetero) is 1. The van der Waals surface area contributed by atoms with Crippen molar-refractivity contribution in [1.29, 1.82) is 0 Å². The van der Waals surface area contributed by atoms with Gasteiger partial charge >= 0.3 is 5.97 Å². The molecule has 126 valence electrons. The van der Waals surface area contributed by atoms with Crippen LogP contribution >= 0.6 is 0 Å². The number of non-ortho nitro benzene ring substituents is 1. The summed E-state index contributed by atoms with van der Waals surface area (Å²) in [5.74, 6) is -2.07. The van der Waals surface area contributed by atoms with Gasteiger partial charge in [-0.2, -0.15) is 0 Å². The van der Waals surface area contributed by atoms with Crippen LogP contribution in [0.25, 0.3) is 0 Å². The van der Waals surface area contributed by atoms with Gasteiger partial charge in [-0.3, -0.25) is 19.7 Å². The third kappa shape index (κ3) is 2.85. The van der Waals surface area contributed by atoms with Crippen LogP contribution in [0.2, 0.25) is 0 Å². The SMILES string of the molecule is COC(=O)c1cccc(CN2C(=O)C(=O)c3cc([N+](=O)[O-])ccc32)c1. The third-order valence-corrected chi connectivity index (χ3v) is 3.85. The smallest absolute Gasteiger partial charge is 0.337 e. The molecular formula is C17H12N2O6. The monoisotopic (exact) mass is 340 g/mol. The van der Waals surface area contributed by atoms with Gasteiger partial charge in [-0.05, 0) is 23.8 Å². The van der Waals surface area contributed by atoms with Crippen molar-refractivity contribution in [3.8, 4) is 0 Å². The minimum absolute atomic E-state index is 0.00308. The van der Waals surface area contributed by atoms with Crippen LogP contribution in [-0.2, 0) is 16.1 Å². The highest BCUT2D eigenvalue weighted by atomic mass is 16.6. The van der Waals surface area contributed by atoms with Gasteiger partial charge in [0.15, 0.2) is 0 Å². The second-order valence-electron chi connectivity index (χ2n) is 5.37. The van der Waals surface area contributed by atoms with E-state index in [1.807, 2.05) is 0 Å². The highest BCUT2D eigenvalue weighted by molar-refractivity contribution is 6.52. The zero-order valence-corrected chi connectivity index (χ0v) is 13.1. The zero-order valence-electron chi connectivity index (χ0n) is 13.1. The van der Waals surface area contributed by atoms with Gasteiger partial charge < -0.3 is 9.64 Å². The van der Waals surface area contributed by atoms with Crippen molar-refractivity contribution in [3.63, 3.8) is 0 Å². The Kier molecular flexibility index (Phi) is 4.02. The van der Waals surface area contributed by atoms with E-state index in [-0.39, 0.29) is 17.8 Å². The zero-order chi connectivity index (χ0) is 18.1. The predicted octanol–water partition coefficient (Wildman–Crippen LogP) is 2.11. The number of nitrogens with zero attached hydrogens (tertiary/aromatic N) is 2. The second-order valence-corrected chi connectivity index (χ2v) is 5.37. The molecule has 0 N–H and O–H groups in total. The Hall–Kier alpha value is -3.55. The quantitative estimate of drug-likeness (QED) is 0.365. The molecule has 1 aliphatic heterocycles. The summed E-state index contributed by atoms with van der Waals surface area (Å²) in [6.07, 6.45) is 0. The highest BCUT2D eigenvalue weighted by Crippen LogP contribution is 2.33. The highest BCUT2D eigenvalue weighted by Gasteiger charge is 2.37. The molecule has 0 radical (unpaired) electrons. The average molecular weight is 340 g/mol. The lowest BCUT2D eigenvalue weighted by atomic mass is 10.1. The molecule has 2 aromatic rings. The van der Waals surface area contributed by atoms with Gasteiger partial charge in [-0.1, -0.05) is 12.1 Å². The molecule has 2 aromatic carbocycles. The number of benzene rings is 2. The number of fused-ring (bicyclic) bond motifs is 1. The number of ketones is 1. The fourth-order valence-corrected chi connectivity index (χ4v) is 2.66. The molecule has 8 heteroatoms. The normalized spacial score (nSPS) is 12.9. The first-order chi connectivity index (χ1) is 11.9. The molecule has 1 aliphatic rings. The molecule has 0 saturated carbocycles. The number of hydrogen-bond donors (Lipinski definition) is 0. The lowest BCUT2D eigenvalue weighted by Gasteiger charge is -2.16. The predicted molar refractivity (Wildman–Crippen MR) is 86.4 cm³/mol. The molecule has 1 amide bonds. The first-order valence-corrected chi connectivity index (χ1v) is 7.24. The Bertz CT molecular complexity index is 921. The summed E-state index contributed by atoms with van der Waals surface area (Å²) >= 11 is 0. The van der Waals surface area contributed by atoms with Crippen LogP contribution in [0.4, 0.5) is 11.4 Å². The number of amides is 1. The summed E-state index contributed by atoms with van der Waals surface area (Å²) in [5, 5.41) is 10.8. The molecule has 1 heterocycles. The van der Waals surface area contributed by atoms with Crippen molar-refractivity contribution in [2.24, 2.45) is 0 Å². The van der Waals surface area contributed by atoms with E-state index in [9.17, 15) is 24.5 Å². The summed E-state index contributed by atoms with van der Waals surface area (Å²) in [7, 11) is 1.26. The van der Waals surface area contributed by atoms with Crippen LogP contribution in [0.15, 0.2) is 42.5 Å². The number of nitro benzene ring substituents is 1. The number of hydrogen-bond acceptors (Lipinski definition) is 6. The van der Waals surface area contributed by atoms with Crippen LogP contribution in [0, 0.1) is 10.1 Å². The van der Waals surface area contributed by atoms with Crippen molar-refractivity contribution in [3.05, 3.63) is 69.3 Å². The number of carbonyl (C=O) groups excluding carboxylic acids is 3. The van der Waals surface area contributed by atoms with Gasteiger partial charge in [0.25, 0.3) is 17.4 Å². The molecule has 0 aromatic heterocycles. The lowest BCUT2D eigenvalue weighted by molar-refractivity contribution is -0.384. The number of rotatable bonds is 4. The summed E-state index contributed by atoms with van der Waals surface area (Å²) < 4.78 is 4.65. The maximum atomic E-state index is 12.2.